The van der Waals surface area contributed by atoms with Crippen LogP contribution in [0.3, 0.4) is 0 Å². The van der Waals surface area contributed by atoms with Gasteiger partial charge in [0.1, 0.15) is 0 Å². The second-order valence-electron chi connectivity index (χ2n) is 10.9. The van der Waals surface area contributed by atoms with E-state index in [0.717, 1.165) is 5.92 Å². The lowest BCUT2D eigenvalue weighted by molar-refractivity contribution is 0.0970. The number of piperazine rings is 1. The third kappa shape index (κ3) is 4.82. The summed E-state index contributed by atoms with van der Waals surface area (Å²) in [6.45, 7) is 20.5. The number of rotatable bonds is 4. The Morgan fingerprint density at radius 1 is 0.923 bits per heavy atom. The van der Waals surface area contributed by atoms with Crippen LogP contribution >= 0.6 is 0 Å². The van der Waals surface area contributed by atoms with Crippen molar-refractivity contribution in [2.24, 2.45) is 16.7 Å². The molecule has 1 saturated heterocycles. The monoisotopic (exact) mass is 356 g/mol. The van der Waals surface area contributed by atoms with Crippen LogP contribution in [0.2, 0.25) is 0 Å². The second-order valence-corrected chi connectivity index (χ2v) is 10.9. The minimum atomic E-state index is 0.440. The highest BCUT2D eigenvalue weighted by Crippen LogP contribution is 2.53. The summed E-state index contributed by atoms with van der Waals surface area (Å²) in [6, 6.07) is 9.28. The summed E-state index contributed by atoms with van der Waals surface area (Å²) in [7, 11) is 0. The molecule has 0 radical (unpaired) electrons. The molecule has 2 nitrogen and oxygen atoms in total. The van der Waals surface area contributed by atoms with E-state index in [1.165, 1.54) is 57.7 Å². The van der Waals surface area contributed by atoms with Crippen LogP contribution in [0.1, 0.15) is 72.3 Å². The summed E-state index contributed by atoms with van der Waals surface area (Å²) >= 11 is 0. The minimum absolute atomic E-state index is 0.440. The van der Waals surface area contributed by atoms with Crippen LogP contribution in [-0.4, -0.2) is 37.6 Å². The van der Waals surface area contributed by atoms with E-state index in [4.69, 9.17) is 0 Å². The van der Waals surface area contributed by atoms with Crippen molar-refractivity contribution in [1.29, 1.82) is 0 Å². The molecular formula is C24H40N2. The Hall–Kier alpha value is -1.02. The fourth-order valence-electron chi connectivity index (χ4n) is 5.87. The van der Waals surface area contributed by atoms with E-state index in [0.29, 0.717) is 16.7 Å². The largest absolute Gasteiger partial charge is 0.369 e. The maximum absolute atomic E-state index is 2.65. The zero-order valence-electron chi connectivity index (χ0n) is 18.0. The topological polar surface area (TPSA) is 6.48 Å². The van der Waals surface area contributed by atoms with Gasteiger partial charge < -0.3 is 4.90 Å². The van der Waals surface area contributed by atoms with Crippen molar-refractivity contribution in [3.8, 4) is 0 Å². The average molecular weight is 357 g/mol. The van der Waals surface area contributed by atoms with Crippen LogP contribution in [0.5, 0.6) is 0 Å². The fourth-order valence-corrected chi connectivity index (χ4v) is 5.87. The third-order valence-electron chi connectivity index (χ3n) is 6.27. The molecule has 26 heavy (non-hydrogen) atoms. The van der Waals surface area contributed by atoms with Gasteiger partial charge in [0.25, 0.3) is 0 Å². The van der Waals surface area contributed by atoms with Crippen molar-refractivity contribution in [2.75, 3.05) is 37.6 Å². The van der Waals surface area contributed by atoms with Crippen molar-refractivity contribution >= 4 is 5.69 Å². The third-order valence-corrected chi connectivity index (χ3v) is 6.27. The van der Waals surface area contributed by atoms with Gasteiger partial charge in [0.15, 0.2) is 0 Å². The number of anilines is 1. The predicted octanol–water partition coefficient (Wildman–Crippen LogP) is 5.78. The molecule has 0 N–H and O–H groups in total. The number of para-hydroxylation sites is 1. The standard InChI is InChI=1S/C24H40N2/c1-19(2)17-25-11-13-26(14-12-25)22-10-8-7-9-21(22)20-15-23(3,4)18-24(5,6)16-20/h7-10,19-20H,11-18H2,1-6H3. The summed E-state index contributed by atoms with van der Waals surface area (Å²) in [6.07, 6.45) is 3.98. The molecule has 1 saturated carbocycles. The Bertz CT molecular complexity index is 578. The molecule has 0 spiro atoms. The molecule has 0 atom stereocenters. The first-order valence-electron chi connectivity index (χ1n) is 10.7. The molecule has 1 heterocycles. The molecule has 1 aromatic carbocycles. The molecule has 3 rings (SSSR count). The lowest BCUT2D eigenvalue weighted by Crippen LogP contribution is -2.47. The number of hydrogen-bond acceptors (Lipinski definition) is 2. The van der Waals surface area contributed by atoms with E-state index in [1.807, 2.05) is 0 Å². The van der Waals surface area contributed by atoms with E-state index in [-0.39, 0.29) is 0 Å². The molecular weight excluding hydrogens is 316 g/mol. The van der Waals surface area contributed by atoms with Gasteiger partial charge in [-0.1, -0.05) is 59.7 Å². The smallest absolute Gasteiger partial charge is 0.0402 e. The van der Waals surface area contributed by atoms with Gasteiger partial charge >= 0.3 is 0 Å². The molecule has 0 unspecified atom stereocenters. The lowest BCUT2D eigenvalue weighted by atomic mass is 9.60. The van der Waals surface area contributed by atoms with Gasteiger partial charge in [-0.15, -0.1) is 0 Å². The van der Waals surface area contributed by atoms with Crippen LogP contribution in [-0.2, 0) is 0 Å². The predicted molar refractivity (Wildman–Crippen MR) is 114 cm³/mol. The first kappa shape index (κ1) is 19.7. The Morgan fingerprint density at radius 3 is 2.08 bits per heavy atom. The van der Waals surface area contributed by atoms with Crippen LogP contribution in [0.15, 0.2) is 24.3 Å². The highest BCUT2D eigenvalue weighted by Gasteiger charge is 2.39. The zero-order valence-corrected chi connectivity index (χ0v) is 18.0. The van der Waals surface area contributed by atoms with Crippen molar-refractivity contribution in [1.82, 2.24) is 4.90 Å². The van der Waals surface area contributed by atoms with Gasteiger partial charge in [-0.05, 0) is 53.6 Å². The van der Waals surface area contributed by atoms with Crippen molar-refractivity contribution < 1.29 is 0 Å². The first-order chi connectivity index (χ1) is 12.2. The van der Waals surface area contributed by atoms with Crippen molar-refractivity contribution in [3.63, 3.8) is 0 Å². The molecule has 1 aromatic rings. The fraction of sp³-hybridized carbons (Fsp3) is 0.750. The molecule has 146 valence electrons. The summed E-state index contributed by atoms with van der Waals surface area (Å²) in [5.41, 5.74) is 3.99. The zero-order chi connectivity index (χ0) is 18.9. The van der Waals surface area contributed by atoms with Crippen molar-refractivity contribution in [2.45, 2.75) is 66.7 Å². The van der Waals surface area contributed by atoms with E-state index in [9.17, 15) is 0 Å². The molecule has 0 aromatic heterocycles. The Kier molecular flexibility index (Phi) is 5.72. The number of benzene rings is 1. The Labute approximate surface area is 162 Å². The van der Waals surface area contributed by atoms with Gasteiger partial charge in [-0.2, -0.15) is 0 Å². The summed E-state index contributed by atoms with van der Waals surface area (Å²) in [5, 5.41) is 0. The van der Waals surface area contributed by atoms with E-state index in [2.05, 4.69) is 75.6 Å². The van der Waals surface area contributed by atoms with E-state index < -0.39 is 0 Å². The molecule has 2 fully saturated rings. The molecule has 0 amide bonds. The van der Waals surface area contributed by atoms with Crippen LogP contribution < -0.4 is 4.90 Å². The van der Waals surface area contributed by atoms with Crippen molar-refractivity contribution in [3.05, 3.63) is 29.8 Å². The first-order valence-corrected chi connectivity index (χ1v) is 10.7. The van der Waals surface area contributed by atoms with Gasteiger partial charge in [0.05, 0.1) is 0 Å². The quantitative estimate of drug-likeness (QED) is 0.674. The number of nitrogens with zero attached hydrogens (tertiary/aromatic N) is 2. The summed E-state index contributed by atoms with van der Waals surface area (Å²) < 4.78 is 0. The minimum Gasteiger partial charge on any atom is -0.369 e. The Balaban J connectivity index is 1.77. The molecule has 1 aliphatic heterocycles. The van der Waals surface area contributed by atoms with E-state index >= 15 is 0 Å². The van der Waals surface area contributed by atoms with Crippen LogP contribution in [0, 0.1) is 16.7 Å². The van der Waals surface area contributed by atoms with Gasteiger partial charge in [-0.25, -0.2) is 0 Å². The van der Waals surface area contributed by atoms with Gasteiger partial charge in [0.2, 0.25) is 0 Å². The normalized spacial score (nSPS) is 24.2. The molecule has 0 bridgehead atoms. The van der Waals surface area contributed by atoms with E-state index in [1.54, 1.807) is 5.56 Å². The SMILES string of the molecule is CC(C)CN1CCN(c2ccccc2C2CC(C)(C)CC(C)(C)C2)CC1. The highest BCUT2D eigenvalue weighted by atomic mass is 15.3. The van der Waals surface area contributed by atoms with Gasteiger partial charge in [0, 0.05) is 38.4 Å². The summed E-state index contributed by atoms with van der Waals surface area (Å²) in [5.74, 6) is 1.46. The maximum Gasteiger partial charge on any atom is 0.0402 e. The maximum atomic E-state index is 2.65. The molecule has 1 aliphatic carbocycles. The van der Waals surface area contributed by atoms with Crippen LogP contribution in [0.25, 0.3) is 0 Å². The average Bonchev–Trinajstić information content (AvgIpc) is 2.52. The molecule has 2 heteroatoms. The molecule has 2 aliphatic rings. The Morgan fingerprint density at radius 2 is 1.50 bits per heavy atom. The van der Waals surface area contributed by atoms with Crippen LogP contribution in [0.4, 0.5) is 5.69 Å². The summed E-state index contributed by atoms with van der Waals surface area (Å²) in [4.78, 5) is 5.29. The lowest BCUT2D eigenvalue weighted by Gasteiger charge is -2.46. The highest BCUT2D eigenvalue weighted by molar-refractivity contribution is 5.56. The van der Waals surface area contributed by atoms with Gasteiger partial charge in [-0.3, -0.25) is 4.90 Å². The second kappa shape index (κ2) is 7.54. The number of hydrogen-bond donors (Lipinski definition) is 0.